The molecule has 0 aliphatic rings. The van der Waals surface area contributed by atoms with Gasteiger partial charge in [-0.15, -0.1) is 0 Å². The van der Waals surface area contributed by atoms with Crippen molar-refractivity contribution in [2.24, 2.45) is 0 Å². The molecule has 0 bridgehead atoms. The molecule has 0 radical (unpaired) electrons. The van der Waals surface area contributed by atoms with Crippen LogP contribution in [0.5, 0.6) is 0 Å². The number of fused-ring (bicyclic) bond motifs is 1. The molecule has 2 amide bonds. The minimum atomic E-state index is -0.338. The summed E-state index contributed by atoms with van der Waals surface area (Å²) in [6, 6.07) is 7.24. The van der Waals surface area contributed by atoms with Crippen LogP contribution in [0.3, 0.4) is 0 Å². The van der Waals surface area contributed by atoms with Crippen LogP contribution in [-0.4, -0.2) is 45.9 Å². The van der Waals surface area contributed by atoms with Gasteiger partial charge in [0.2, 0.25) is 0 Å². The second kappa shape index (κ2) is 5.91. The third kappa shape index (κ3) is 2.66. The minimum Gasteiger partial charge on any atom is -0.354 e. The molecule has 0 fully saturated rings. The standard InChI is InChI=1S/C15H16N6O2/c1-16-14(22)12-6-13(15(23)17-2)21(20-12)8-9-4-3-5-11-10(9)7-18-19-11/h3-7H,8H2,1-2H3,(H,16,22)(H,17,23)(H,18,19). The molecular weight excluding hydrogens is 296 g/mol. The predicted octanol–water partition coefficient (Wildman–Crippen LogP) is 0.527. The van der Waals surface area contributed by atoms with Gasteiger partial charge in [-0.25, -0.2) is 0 Å². The van der Waals surface area contributed by atoms with Gasteiger partial charge in [0, 0.05) is 25.5 Å². The second-order valence-corrected chi connectivity index (χ2v) is 4.98. The van der Waals surface area contributed by atoms with Crippen LogP contribution < -0.4 is 10.6 Å². The lowest BCUT2D eigenvalue weighted by molar-refractivity contribution is 0.0947. The Hall–Kier alpha value is -3.16. The zero-order valence-electron chi connectivity index (χ0n) is 12.8. The number of hydrogen-bond acceptors (Lipinski definition) is 4. The van der Waals surface area contributed by atoms with E-state index in [1.807, 2.05) is 18.2 Å². The lowest BCUT2D eigenvalue weighted by atomic mass is 10.1. The zero-order chi connectivity index (χ0) is 16.4. The van der Waals surface area contributed by atoms with Gasteiger partial charge in [0.15, 0.2) is 5.69 Å². The first kappa shape index (κ1) is 14.8. The van der Waals surface area contributed by atoms with E-state index in [1.165, 1.54) is 24.8 Å². The first-order chi connectivity index (χ1) is 11.1. The highest BCUT2D eigenvalue weighted by molar-refractivity contribution is 5.97. The Morgan fingerprint density at radius 2 is 2.00 bits per heavy atom. The van der Waals surface area contributed by atoms with Crippen molar-refractivity contribution < 1.29 is 9.59 Å². The van der Waals surface area contributed by atoms with E-state index in [0.717, 1.165) is 16.5 Å². The van der Waals surface area contributed by atoms with E-state index in [9.17, 15) is 9.59 Å². The fraction of sp³-hybridized carbons (Fsp3) is 0.200. The Labute approximate surface area is 131 Å². The van der Waals surface area contributed by atoms with E-state index in [-0.39, 0.29) is 17.5 Å². The molecule has 3 aromatic rings. The average molecular weight is 312 g/mol. The summed E-state index contributed by atoms with van der Waals surface area (Å²) in [5.41, 5.74) is 2.38. The van der Waals surface area contributed by atoms with Crippen LogP contribution in [0.15, 0.2) is 30.5 Å². The summed E-state index contributed by atoms with van der Waals surface area (Å²) in [6.07, 6.45) is 1.73. The number of benzene rings is 1. The van der Waals surface area contributed by atoms with E-state index in [0.29, 0.717) is 12.2 Å². The number of aromatic amines is 1. The molecule has 8 nitrogen and oxygen atoms in total. The smallest absolute Gasteiger partial charge is 0.271 e. The van der Waals surface area contributed by atoms with Crippen molar-refractivity contribution in [3.05, 3.63) is 47.4 Å². The number of carbonyl (C=O) groups is 2. The van der Waals surface area contributed by atoms with Crippen molar-refractivity contribution >= 4 is 22.7 Å². The summed E-state index contributed by atoms with van der Waals surface area (Å²) < 4.78 is 1.52. The van der Waals surface area contributed by atoms with Gasteiger partial charge in [0.1, 0.15) is 5.69 Å². The molecule has 0 atom stereocenters. The molecule has 0 unspecified atom stereocenters. The molecule has 0 aliphatic carbocycles. The van der Waals surface area contributed by atoms with Gasteiger partial charge in [-0.1, -0.05) is 12.1 Å². The lowest BCUT2D eigenvalue weighted by Gasteiger charge is -2.07. The van der Waals surface area contributed by atoms with Crippen LogP contribution in [0.25, 0.3) is 10.9 Å². The van der Waals surface area contributed by atoms with Crippen molar-refractivity contribution in [3.8, 4) is 0 Å². The Balaban J connectivity index is 2.04. The monoisotopic (exact) mass is 312 g/mol. The van der Waals surface area contributed by atoms with Crippen molar-refractivity contribution in [2.45, 2.75) is 6.54 Å². The number of carbonyl (C=O) groups excluding carboxylic acids is 2. The summed E-state index contributed by atoms with van der Waals surface area (Å²) in [7, 11) is 3.06. The van der Waals surface area contributed by atoms with Crippen LogP contribution in [0.4, 0.5) is 0 Å². The van der Waals surface area contributed by atoms with E-state index >= 15 is 0 Å². The average Bonchev–Trinajstić information content (AvgIpc) is 3.20. The molecule has 3 rings (SSSR count). The van der Waals surface area contributed by atoms with Gasteiger partial charge in [-0.2, -0.15) is 10.2 Å². The third-order valence-electron chi connectivity index (χ3n) is 3.59. The predicted molar refractivity (Wildman–Crippen MR) is 84.2 cm³/mol. The Morgan fingerprint density at radius 3 is 2.74 bits per heavy atom. The molecule has 8 heteroatoms. The van der Waals surface area contributed by atoms with Crippen molar-refractivity contribution in [1.82, 2.24) is 30.6 Å². The van der Waals surface area contributed by atoms with E-state index in [1.54, 1.807) is 6.20 Å². The van der Waals surface area contributed by atoms with Crippen LogP contribution in [0, 0.1) is 0 Å². The summed E-state index contributed by atoms with van der Waals surface area (Å²) >= 11 is 0. The number of aromatic nitrogens is 4. The quantitative estimate of drug-likeness (QED) is 0.653. The van der Waals surface area contributed by atoms with Gasteiger partial charge in [0.05, 0.1) is 18.3 Å². The summed E-state index contributed by atoms with van der Waals surface area (Å²) in [5.74, 6) is -0.637. The fourth-order valence-electron chi connectivity index (χ4n) is 2.42. The maximum atomic E-state index is 12.0. The van der Waals surface area contributed by atoms with Gasteiger partial charge in [-0.3, -0.25) is 19.4 Å². The first-order valence-corrected chi connectivity index (χ1v) is 7.07. The molecule has 0 spiro atoms. The first-order valence-electron chi connectivity index (χ1n) is 7.07. The number of hydrogen-bond donors (Lipinski definition) is 3. The highest BCUT2D eigenvalue weighted by atomic mass is 16.2. The third-order valence-corrected chi connectivity index (χ3v) is 3.59. The molecule has 2 aromatic heterocycles. The zero-order valence-corrected chi connectivity index (χ0v) is 12.8. The molecule has 0 saturated heterocycles. The van der Waals surface area contributed by atoms with E-state index in [2.05, 4.69) is 25.9 Å². The lowest BCUT2D eigenvalue weighted by Crippen LogP contribution is -2.22. The molecule has 0 saturated carbocycles. The van der Waals surface area contributed by atoms with Crippen molar-refractivity contribution in [3.63, 3.8) is 0 Å². The van der Waals surface area contributed by atoms with E-state index < -0.39 is 0 Å². The number of amides is 2. The number of nitrogens with one attached hydrogen (secondary N) is 3. The summed E-state index contributed by atoms with van der Waals surface area (Å²) in [6.45, 7) is 0.358. The highest BCUT2D eigenvalue weighted by Crippen LogP contribution is 2.18. The van der Waals surface area contributed by atoms with Crippen LogP contribution >= 0.6 is 0 Å². The second-order valence-electron chi connectivity index (χ2n) is 4.98. The van der Waals surface area contributed by atoms with Crippen molar-refractivity contribution in [1.29, 1.82) is 0 Å². The summed E-state index contributed by atoms with van der Waals surface area (Å²) in [5, 5.41) is 17.2. The van der Waals surface area contributed by atoms with Crippen LogP contribution in [0.1, 0.15) is 26.5 Å². The SMILES string of the molecule is CNC(=O)c1cc(C(=O)NC)n(Cc2cccc3[nH]ncc23)n1. The molecule has 3 N–H and O–H groups in total. The van der Waals surface area contributed by atoms with E-state index in [4.69, 9.17) is 0 Å². The molecule has 23 heavy (non-hydrogen) atoms. The molecule has 1 aromatic carbocycles. The number of nitrogens with zero attached hydrogens (tertiary/aromatic N) is 3. The number of H-pyrrole nitrogens is 1. The Morgan fingerprint density at radius 1 is 1.22 bits per heavy atom. The largest absolute Gasteiger partial charge is 0.354 e. The van der Waals surface area contributed by atoms with Gasteiger partial charge in [-0.05, 0) is 11.6 Å². The fourth-order valence-corrected chi connectivity index (χ4v) is 2.42. The normalized spacial score (nSPS) is 10.7. The highest BCUT2D eigenvalue weighted by Gasteiger charge is 2.18. The maximum Gasteiger partial charge on any atom is 0.271 e. The molecule has 2 heterocycles. The number of rotatable bonds is 4. The molecular formula is C15H16N6O2. The van der Waals surface area contributed by atoms with Crippen LogP contribution in [-0.2, 0) is 6.54 Å². The Kier molecular flexibility index (Phi) is 3.80. The summed E-state index contributed by atoms with van der Waals surface area (Å²) in [4.78, 5) is 23.8. The minimum absolute atomic E-state index is 0.200. The van der Waals surface area contributed by atoms with Crippen LogP contribution in [0.2, 0.25) is 0 Å². The van der Waals surface area contributed by atoms with Crippen molar-refractivity contribution in [2.75, 3.05) is 14.1 Å². The maximum absolute atomic E-state index is 12.0. The molecule has 0 aliphatic heterocycles. The molecule has 118 valence electrons. The van der Waals surface area contributed by atoms with Gasteiger partial charge >= 0.3 is 0 Å². The topological polar surface area (TPSA) is 105 Å². The Bertz CT molecular complexity index is 879. The van der Waals surface area contributed by atoms with Gasteiger partial charge in [0.25, 0.3) is 11.8 Å². The van der Waals surface area contributed by atoms with Gasteiger partial charge < -0.3 is 10.6 Å².